The maximum atomic E-state index is 12.6. The summed E-state index contributed by atoms with van der Waals surface area (Å²) in [6.07, 6.45) is 0.354. The van der Waals surface area contributed by atoms with E-state index in [1.807, 2.05) is 24.3 Å². The van der Waals surface area contributed by atoms with E-state index in [2.05, 4.69) is 31.9 Å². The molecule has 0 unspecified atom stereocenters. The lowest BCUT2D eigenvalue weighted by atomic mass is 10.0. The van der Waals surface area contributed by atoms with Crippen LogP contribution >= 0.6 is 31.9 Å². The molecule has 2 aromatic rings. The SMILES string of the molecule is CN1C(=O)Cc2cc(C(=O)c3cc(Br)ccc3Br)ccc21. The summed E-state index contributed by atoms with van der Waals surface area (Å²) in [6.45, 7) is 0. The fourth-order valence-electron chi connectivity index (χ4n) is 2.44. The van der Waals surface area contributed by atoms with Crippen molar-refractivity contribution in [3.8, 4) is 0 Å². The van der Waals surface area contributed by atoms with Crippen LogP contribution in [-0.2, 0) is 11.2 Å². The van der Waals surface area contributed by atoms with Crippen molar-refractivity contribution in [2.24, 2.45) is 0 Å². The van der Waals surface area contributed by atoms with Gasteiger partial charge in [-0.2, -0.15) is 0 Å². The second kappa shape index (κ2) is 5.39. The first-order valence-corrected chi connectivity index (χ1v) is 7.95. The Labute approximate surface area is 139 Å². The molecular formula is C16H11Br2NO2. The Bertz CT molecular complexity index is 771. The first-order valence-electron chi connectivity index (χ1n) is 6.36. The van der Waals surface area contributed by atoms with E-state index in [0.717, 1.165) is 20.2 Å². The zero-order valence-corrected chi connectivity index (χ0v) is 14.4. The number of hydrogen-bond acceptors (Lipinski definition) is 2. The van der Waals surface area contributed by atoms with Crippen LogP contribution in [0.2, 0.25) is 0 Å². The number of hydrogen-bond donors (Lipinski definition) is 0. The Balaban J connectivity index is 2.02. The summed E-state index contributed by atoms with van der Waals surface area (Å²) >= 11 is 6.78. The van der Waals surface area contributed by atoms with Crippen LogP contribution in [0.3, 0.4) is 0 Å². The molecule has 0 atom stereocenters. The summed E-state index contributed by atoms with van der Waals surface area (Å²) in [5.74, 6) is -0.00814. The Morgan fingerprint density at radius 2 is 1.90 bits per heavy atom. The molecule has 21 heavy (non-hydrogen) atoms. The van der Waals surface area contributed by atoms with E-state index in [4.69, 9.17) is 0 Å². The van der Waals surface area contributed by atoms with Gasteiger partial charge in [-0.3, -0.25) is 9.59 Å². The van der Waals surface area contributed by atoms with E-state index in [-0.39, 0.29) is 11.7 Å². The highest BCUT2D eigenvalue weighted by Gasteiger charge is 2.25. The molecule has 1 heterocycles. The third kappa shape index (κ3) is 2.56. The highest BCUT2D eigenvalue weighted by molar-refractivity contribution is 9.11. The van der Waals surface area contributed by atoms with Gasteiger partial charge in [0.1, 0.15) is 0 Å². The summed E-state index contributed by atoms with van der Waals surface area (Å²) in [5, 5.41) is 0. The minimum Gasteiger partial charge on any atom is -0.315 e. The summed E-state index contributed by atoms with van der Waals surface area (Å²) in [6, 6.07) is 10.9. The molecule has 106 valence electrons. The van der Waals surface area contributed by atoms with Gasteiger partial charge >= 0.3 is 0 Å². The fraction of sp³-hybridized carbons (Fsp3) is 0.125. The number of rotatable bonds is 2. The largest absolute Gasteiger partial charge is 0.315 e. The van der Waals surface area contributed by atoms with Gasteiger partial charge in [0, 0.05) is 32.8 Å². The van der Waals surface area contributed by atoms with Crippen LogP contribution < -0.4 is 4.90 Å². The van der Waals surface area contributed by atoms with Gasteiger partial charge in [-0.25, -0.2) is 0 Å². The minimum atomic E-state index is -0.0621. The second-order valence-electron chi connectivity index (χ2n) is 4.93. The van der Waals surface area contributed by atoms with Crippen LogP contribution in [0.1, 0.15) is 21.5 Å². The number of likely N-dealkylation sites (N-methyl/N-ethyl adjacent to an activating group) is 1. The van der Waals surface area contributed by atoms with Crippen LogP contribution in [0, 0.1) is 0 Å². The zero-order valence-electron chi connectivity index (χ0n) is 11.2. The van der Waals surface area contributed by atoms with Gasteiger partial charge in [0.25, 0.3) is 0 Å². The molecule has 0 aliphatic carbocycles. The number of fused-ring (bicyclic) bond motifs is 1. The van der Waals surface area contributed by atoms with Crippen molar-refractivity contribution in [2.45, 2.75) is 6.42 Å². The van der Waals surface area contributed by atoms with Crippen LogP contribution in [0.4, 0.5) is 5.69 Å². The van der Waals surface area contributed by atoms with Crippen molar-refractivity contribution in [2.75, 3.05) is 11.9 Å². The molecule has 0 spiro atoms. The molecule has 0 fully saturated rings. The molecule has 1 amide bonds. The van der Waals surface area contributed by atoms with Crippen LogP contribution in [-0.4, -0.2) is 18.7 Å². The molecular weight excluding hydrogens is 398 g/mol. The second-order valence-corrected chi connectivity index (χ2v) is 6.70. The molecule has 0 aromatic heterocycles. The molecule has 0 saturated carbocycles. The quantitative estimate of drug-likeness (QED) is 0.705. The van der Waals surface area contributed by atoms with E-state index >= 15 is 0 Å². The Hall–Kier alpha value is -1.46. The summed E-state index contributed by atoms with van der Waals surface area (Å²) in [7, 11) is 1.75. The van der Waals surface area contributed by atoms with E-state index in [0.29, 0.717) is 17.5 Å². The fourth-order valence-corrected chi connectivity index (χ4v) is 3.23. The predicted octanol–water partition coefficient (Wildman–Crippen LogP) is 3.96. The average Bonchev–Trinajstić information content (AvgIpc) is 2.75. The summed E-state index contributed by atoms with van der Waals surface area (Å²) in [5.41, 5.74) is 2.97. The normalized spacial score (nSPS) is 13.5. The van der Waals surface area contributed by atoms with E-state index in [1.54, 1.807) is 24.1 Å². The molecule has 0 bridgehead atoms. The Morgan fingerprint density at radius 1 is 1.14 bits per heavy atom. The smallest absolute Gasteiger partial charge is 0.231 e. The van der Waals surface area contributed by atoms with Crippen LogP contribution in [0.25, 0.3) is 0 Å². The van der Waals surface area contributed by atoms with Crippen molar-refractivity contribution < 1.29 is 9.59 Å². The summed E-state index contributed by atoms with van der Waals surface area (Å²) < 4.78 is 1.61. The van der Waals surface area contributed by atoms with Crippen LogP contribution in [0.15, 0.2) is 45.3 Å². The Kier molecular flexibility index (Phi) is 3.71. The van der Waals surface area contributed by atoms with Gasteiger partial charge in [0.05, 0.1) is 6.42 Å². The highest BCUT2D eigenvalue weighted by atomic mass is 79.9. The van der Waals surface area contributed by atoms with E-state index < -0.39 is 0 Å². The van der Waals surface area contributed by atoms with Gasteiger partial charge in [-0.1, -0.05) is 31.9 Å². The van der Waals surface area contributed by atoms with Crippen molar-refractivity contribution in [3.05, 3.63) is 62.0 Å². The number of halogens is 2. The maximum absolute atomic E-state index is 12.6. The van der Waals surface area contributed by atoms with Crippen molar-refractivity contribution in [1.29, 1.82) is 0 Å². The van der Waals surface area contributed by atoms with Crippen molar-refractivity contribution in [3.63, 3.8) is 0 Å². The number of carbonyl (C=O) groups is 2. The van der Waals surface area contributed by atoms with Crippen molar-refractivity contribution >= 4 is 49.2 Å². The topological polar surface area (TPSA) is 37.4 Å². The van der Waals surface area contributed by atoms with Gasteiger partial charge < -0.3 is 4.90 Å². The minimum absolute atomic E-state index is 0.0539. The third-order valence-corrected chi connectivity index (χ3v) is 4.78. The molecule has 0 N–H and O–H groups in total. The number of ketones is 1. The lowest BCUT2D eigenvalue weighted by Crippen LogP contribution is -2.20. The number of carbonyl (C=O) groups excluding carboxylic acids is 2. The van der Waals surface area contributed by atoms with Crippen molar-refractivity contribution in [1.82, 2.24) is 0 Å². The molecule has 2 aromatic carbocycles. The lowest BCUT2D eigenvalue weighted by Gasteiger charge is -2.10. The number of anilines is 1. The van der Waals surface area contributed by atoms with Gasteiger partial charge in [-0.05, 0) is 42.0 Å². The summed E-state index contributed by atoms with van der Waals surface area (Å²) in [4.78, 5) is 26.0. The first kappa shape index (κ1) is 14.5. The highest BCUT2D eigenvalue weighted by Crippen LogP contribution is 2.30. The third-order valence-electron chi connectivity index (χ3n) is 3.59. The maximum Gasteiger partial charge on any atom is 0.231 e. The monoisotopic (exact) mass is 407 g/mol. The molecule has 3 rings (SSSR count). The van der Waals surface area contributed by atoms with E-state index in [9.17, 15) is 9.59 Å². The Morgan fingerprint density at radius 3 is 2.67 bits per heavy atom. The van der Waals surface area contributed by atoms with Gasteiger partial charge in [0.2, 0.25) is 5.91 Å². The lowest BCUT2D eigenvalue weighted by molar-refractivity contribution is -0.117. The van der Waals surface area contributed by atoms with Gasteiger partial charge in [-0.15, -0.1) is 0 Å². The molecule has 1 aliphatic heterocycles. The molecule has 0 radical (unpaired) electrons. The molecule has 3 nitrogen and oxygen atoms in total. The molecule has 0 saturated heterocycles. The predicted molar refractivity (Wildman–Crippen MR) is 88.8 cm³/mol. The number of amides is 1. The van der Waals surface area contributed by atoms with Gasteiger partial charge in [0.15, 0.2) is 5.78 Å². The van der Waals surface area contributed by atoms with E-state index in [1.165, 1.54) is 0 Å². The standard InChI is InChI=1S/C16H11Br2NO2/c1-19-14-5-2-9(6-10(14)7-15(19)20)16(21)12-8-11(17)3-4-13(12)18/h2-6,8H,7H2,1H3. The number of nitrogens with zero attached hydrogens (tertiary/aromatic N) is 1. The average molecular weight is 409 g/mol. The first-order chi connectivity index (χ1) is 9.97. The van der Waals surface area contributed by atoms with Crippen LogP contribution in [0.5, 0.6) is 0 Å². The molecule has 1 aliphatic rings. The molecule has 5 heteroatoms. The zero-order chi connectivity index (χ0) is 15.1. The number of benzene rings is 2.